The molecule has 2 amide bonds. The molecule has 0 saturated heterocycles. The lowest BCUT2D eigenvalue weighted by Crippen LogP contribution is -2.47. The molecule has 0 aliphatic carbocycles. The maximum Gasteiger partial charge on any atom is 0.337 e. The van der Waals surface area contributed by atoms with E-state index in [4.69, 9.17) is 10.4 Å². The molecule has 0 aliphatic heterocycles. The summed E-state index contributed by atoms with van der Waals surface area (Å²) in [6.45, 7) is 0.674. The Kier molecular flexibility index (Phi) is 5.06. The Morgan fingerprint density at radius 2 is 1.95 bits per heavy atom. The molecule has 106 valence electrons. The minimum absolute atomic E-state index is 0.286. The number of anilines is 1. The van der Waals surface area contributed by atoms with Crippen LogP contribution in [0.25, 0.3) is 0 Å². The third kappa shape index (κ3) is 4.59. The molecule has 0 fully saturated rings. The van der Waals surface area contributed by atoms with Gasteiger partial charge < -0.3 is 20.8 Å². The predicted octanol–water partition coefficient (Wildman–Crippen LogP) is 0.710. The van der Waals surface area contributed by atoms with Crippen LogP contribution >= 0.6 is 0 Å². The molecular weight excluding hydrogens is 262 g/mol. The van der Waals surface area contributed by atoms with Gasteiger partial charge in [-0.3, -0.25) is 0 Å². The van der Waals surface area contributed by atoms with Gasteiger partial charge in [0.05, 0.1) is 19.0 Å². The average Bonchev–Trinajstić information content (AvgIpc) is 2.39. The van der Waals surface area contributed by atoms with E-state index in [0.29, 0.717) is 5.69 Å². The highest BCUT2D eigenvalue weighted by Crippen LogP contribution is 2.09. The number of carbonyl (C=O) groups excluding carboxylic acids is 1. The van der Waals surface area contributed by atoms with Gasteiger partial charge in [-0.1, -0.05) is 12.1 Å². The number of carboxylic acids is 1. The van der Waals surface area contributed by atoms with Crippen molar-refractivity contribution >= 4 is 17.7 Å². The molecule has 20 heavy (non-hydrogen) atoms. The second kappa shape index (κ2) is 6.54. The minimum atomic E-state index is -2.02. The van der Waals surface area contributed by atoms with E-state index in [-0.39, 0.29) is 6.42 Å². The molecule has 0 bridgehead atoms. The summed E-state index contributed by atoms with van der Waals surface area (Å²) < 4.78 is 0. The summed E-state index contributed by atoms with van der Waals surface area (Å²) in [5.74, 6) is -1.42. The van der Waals surface area contributed by atoms with Crippen molar-refractivity contribution in [2.24, 2.45) is 0 Å². The fourth-order valence-electron chi connectivity index (χ4n) is 1.30. The molecule has 0 radical (unpaired) electrons. The first-order valence-electron chi connectivity index (χ1n) is 5.81. The molecule has 1 atom stereocenters. The van der Waals surface area contributed by atoms with E-state index >= 15 is 0 Å². The Bertz CT molecular complexity index is 532. The lowest BCUT2D eigenvalue weighted by molar-refractivity contribution is -0.155. The molecule has 7 heteroatoms. The van der Waals surface area contributed by atoms with E-state index in [1.165, 1.54) is 0 Å². The summed E-state index contributed by atoms with van der Waals surface area (Å²) in [5, 5.41) is 31.4. The van der Waals surface area contributed by atoms with E-state index in [9.17, 15) is 14.7 Å². The molecule has 0 aliphatic rings. The molecule has 1 unspecified atom stereocenters. The number of rotatable bonds is 5. The van der Waals surface area contributed by atoms with Crippen LogP contribution in [-0.4, -0.2) is 34.4 Å². The van der Waals surface area contributed by atoms with Crippen molar-refractivity contribution in [3.05, 3.63) is 29.8 Å². The Balaban J connectivity index is 2.51. The van der Waals surface area contributed by atoms with Crippen LogP contribution in [0.4, 0.5) is 10.5 Å². The van der Waals surface area contributed by atoms with E-state index in [1.807, 2.05) is 6.07 Å². The van der Waals surface area contributed by atoms with E-state index in [0.717, 1.165) is 12.5 Å². The smallest absolute Gasteiger partial charge is 0.337 e. The second-order valence-corrected chi connectivity index (χ2v) is 4.42. The zero-order valence-corrected chi connectivity index (χ0v) is 10.9. The van der Waals surface area contributed by atoms with Gasteiger partial charge >= 0.3 is 12.0 Å². The number of urea groups is 1. The highest BCUT2D eigenvalue weighted by molar-refractivity contribution is 5.89. The lowest BCUT2D eigenvalue weighted by Gasteiger charge is -2.18. The number of nitriles is 1. The van der Waals surface area contributed by atoms with Gasteiger partial charge in [-0.2, -0.15) is 5.26 Å². The summed E-state index contributed by atoms with van der Waals surface area (Å²) >= 11 is 0. The molecule has 4 N–H and O–H groups in total. The maximum atomic E-state index is 11.5. The van der Waals surface area contributed by atoms with Crippen LogP contribution in [0.1, 0.15) is 12.5 Å². The van der Waals surface area contributed by atoms with Crippen molar-refractivity contribution in [3.8, 4) is 6.07 Å². The van der Waals surface area contributed by atoms with Gasteiger partial charge in [0.1, 0.15) is 0 Å². The van der Waals surface area contributed by atoms with Crippen molar-refractivity contribution in [1.29, 1.82) is 5.26 Å². The standard InChI is InChI=1S/C13H15N3O4/c1-13(20,11(17)18)8-15-12(19)16-10-4-2-9(3-5-10)6-7-14/h2-5,20H,6,8H2,1H3,(H,17,18)(H2,15,16,19). The first-order valence-corrected chi connectivity index (χ1v) is 5.81. The summed E-state index contributed by atoms with van der Waals surface area (Å²) in [5.41, 5.74) is -0.694. The zero-order valence-electron chi connectivity index (χ0n) is 10.9. The number of carbonyl (C=O) groups is 2. The molecule has 1 rings (SSSR count). The number of nitrogens with zero attached hydrogens (tertiary/aromatic N) is 1. The van der Waals surface area contributed by atoms with Crippen LogP contribution in [-0.2, 0) is 11.2 Å². The molecule has 1 aromatic carbocycles. The molecule has 1 aromatic rings. The van der Waals surface area contributed by atoms with Crippen molar-refractivity contribution in [2.75, 3.05) is 11.9 Å². The first kappa shape index (κ1) is 15.5. The van der Waals surface area contributed by atoms with Crippen molar-refractivity contribution in [2.45, 2.75) is 18.9 Å². The Hall–Kier alpha value is -2.59. The topological polar surface area (TPSA) is 122 Å². The molecule has 7 nitrogen and oxygen atoms in total. The van der Waals surface area contributed by atoms with Crippen LogP contribution in [0.3, 0.4) is 0 Å². The number of hydrogen-bond donors (Lipinski definition) is 4. The van der Waals surface area contributed by atoms with Gasteiger partial charge in [0.15, 0.2) is 5.60 Å². The Morgan fingerprint density at radius 1 is 1.35 bits per heavy atom. The maximum absolute atomic E-state index is 11.5. The van der Waals surface area contributed by atoms with Gasteiger partial charge in [0.25, 0.3) is 0 Å². The lowest BCUT2D eigenvalue weighted by atomic mass is 10.1. The fourth-order valence-corrected chi connectivity index (χ4v) is 1.30. The number of carboxylic acid groups (broad SMARTS) is 1. The number of aliphatic carboxylic acids is 1. The Morgan fingerprint density at radius 3 is 2.45 bits per heavy atom. The van der Waals surface area contributed by atoms with Gasteiger partial charge in [0, 0.05) is 5.69 Å². The third-order valence-corrected chi connectivity index (χ3v) is 2.55. The van der Waals surface area contributed by atoms with Crippen LogP contribution in [0.15, 0.2) is 24.3 Å². The van der Waals surface area contributed by atoms with Gasteiger partial charge in [-0.15, -0.1) is 0 Å². The normalized spacial score (nSPS) is 12.8. The van der Waals surface area contributed by atoms with Gasteiger partial charge in [-0.25, -0.2) is 9.59 Å². The molecule has 0 saturated carbocycles. The van der Waals surface area contributed by atoms with Crippen molar-refractivity contribution in [1.82, 2.24) is 5.32 Å². The zero-order chi connectivity index (χ0) is 15.2. The highest BCUT2D eigenvalue weighted by Gasteiger charge is 2.30. The van der Waals surface area contributed by atoms with Crippen LogP contribution < -0.4 is 10.6 Å². The number of nitrogens with one attached hydrogen (secondary N) is 2. The number of aliphatic hydroxyl groups is 1. The van der Waals surface area contributed by atoms with Gasteiger partial charge in [0.2, 0.25) is 0 Å². The monoisotopic (exact) mass is 277 g/mol. The van der Waals surface area contributed by atoms with Crippen molar-refractivity contribution < 1.29 is 19.8 Å². The predicted molar refractivity (Wildman–Crippen MR) is 71.0 cm³/mol. The van der Waals surface area contributed by atoms with Crippen LogP contribution in [0.5, 0.6) is 0 Å². The third-order valence-electron chi connectivity index (χ3n) is 2.55. The van der Waals surface area contributed by atoms with E-state index < -0.39 is 24.1 Å². The number of amides is 2. The SMILES string of the molecule is CC(O)(CNC(=O)Nc1ccc(CC#N)cc1)C(=O)O. The van der Waals surface area contributed by atoms with E-state index in [1.54, 1.807) is 24.3 Å². The number of benzene rings is 1. The van der Waals surface area contributed by atoms with Crippen molar-refractivity contribution in [3.63, 3.8) is 0 Å². The largest absolute Gasteiger partial charge is 0.479 e. The van der Waals surface area contributed by atoms with Crippen LogP contribution in [0.2, 0.25) is 0 Å². The summed E-state index contributed by atoms with van der Waals surface area (Å²) in [7, 11) is 0. The average molecular weight is 277 g/mol. The number of hydrogen-bond acceptors (Lipinski definition) is 4. The molecule has 0 spiro atoms. The Labute approximate surface area is 115 Å². The molecule has 0 heterocycles. The van der Waals surface area contributed by atoms with E-state index in [2.05, 4.69) is 10.6 Å². The second-order valence-electron chi connectivity index (χ2n) is 4.42. The molecular formula is C13H15N3O4. The summed E-state index contributed by atoms with van der Waals surface area (Å²) in [6, 6.07) is 8.04. The fraction of sp³-hybridized carbons (Fsp3) is 0.308. The summed E-state index contributed by atoms with van der Waals surface area (Å²) in [4.78, 5) is 22.2. The molecule has 0 aromatic heterocycles. The summed E-state index contributed by atoms with van der Waals surface area (Å²) in [6.07, 6.45) is 0.286. The van der Waals surface area contributed by atoms with Gasteiger partial charge in [-0.05, 0) is 24.6 Å². The minimum Gasteiger partial charge on any atom is -0.479 e. The highest BCUT2D eigenvalue weighted by atomic mass is 16.4. The quantitative estimate of drug-likeness (QED) is 0.631. The first-order chi connectivity index (χ1) is 9.35. The van der Waals surface area contributed by atoms with Crippen LogP contribution in [0, 0.1) is 11.3 Å².